The molecule has 6 heteroatoms. The molecule has 0 saturated heterocycles. The second kappa shape index (κ2) is 8.42. The molecule has 24 heavy (non-hydrogen) atoms. The molecule has 0 unspecified atom stereocenters. The van der Waals surface area contributed by atoms with Gasteiger partial charge in [-0.15, -0.1) is 0 Å². The minimum atomic E-state index is -0.763. The SMILES string of the molecule is Cc1cc(CC(=O)[C@H](CC(N)=O)CC(=O)OC(C)(C)C)ccc1Br. The van der Waals surface area contributed by atoms with Gasteiger partial charge >= 0.3 is 5.97 Å². The average molecular weight is 398 g/mol. The number of benzene rings is 1. The van der Waals surface area contributed by atoms with Crippen molar-refractivity contribution in [1.82, 2.24) is 0 Å². The Hall–Kier alpha value is -1.69. The lowest BCUT2D eigenvalue weighted by atomic mass is 9.91. The van der Waals surface area contributed by atoms with Crippen molar-refractivity contribution < 1.29 is 19.1 Å². The van der Waals surface area contributed by atoms with Gasteiger partial charge in [0.05, 0.1) is 6.42 Å². The molecule has 0 aliphatic rings. The third kappa shape index (κ3) is 7.25. The van der Waals surface area contributed by atoms with Gasteiger partial charge in [0.1, 0.15) is 11.4 Å². The minimum Gasteiger partial charge on any atom is -0.460 e. The van der Waals surface area contributed by atoms with Gasteiger partial charge in [-0.05, 0) is 44.9 Å². The summed E-state index contributed by atoms with van der Waals surface area (Å²) in [7, 11) is 0. The number of halogens is 1. The highest BCUT2D eigenvalue weighted by Crippen LogP contribution is 2.20. The fourth-order valence-electron chi connectivity index (χ4n) is 2.29. The van der Waals surface area contributed by atoms with E-state index in [4.69, 9.17) is 10.5 Å². The molecule has 0 heterocycles. The van der Waals surface area contributed by atoms with Gasteiger partial charge in [0, 0.05) is 23.2 Å². The van der Waals surface area contributed by atoms with Gasteiger partial charge in [-0.3, -0.25) is 14.4 Å². The third-order valence-corrected chi connectivity index (χ3v) is 4.23. The summed E-state index contributed by atoms with van der Waals surface area (Å²) in [6.07, 6.45) is -0.156. The van der Waals surface area contributed by atoms with Crippen molar-refractivity contribution in [2.24, 2.45) is 11.7 Å². The van der Waals surface area contributed by atoms with Gasteiger partial charge in [-0.1, -0.05) is 28.1 Å². The van der Waals surface area contributed by atoms with E-state index in [9.17, 15) is 14.4 Å². The second-order valence-electron chi connectivity index (χ2n) is 6.88. The number of ketones is 1. The smallest absolute Gasteiger partial charge is 0.307 e. The van der Waals surface area contributed by atoms with Crippen LogP contribution in [0.4, 0.5) is 0 Å². The van der Waals surface area contributed by atoms with Crippen LogP contribution < -0.4 is 5.73 Å². The van der Waals surface area contributed by atoms with Crippen LogP contribution in [-0.2, 0) is 25.5 Å². The molecule has 0 aliphatic heterocycles. The monoisotopic (exact) mass is 397 g/mol. The Kier molecular flexibility index (Phi) is 7.14. The maximum Gasteiger partial charge on any atom is 0.307 e. The summed E-state index contributed by atoms with van der Waals surface area (Å²) in [5.74, 6) is -2.07. The highest BCUT2D eigenvalue weighted by atomic mass is 79.9. The van der Waals surface area contributed by atoms with Crippen LogP contribution in [0.15, 0.2) is 22.7 Å². The molecule has 1 atom stereocenters. The van der Waals surface area contributed by atoms with Crippen molar-refractivity contribution in [2.45, 2.75) is 52.6 Å². The number of carbonyl (C=O) groups is 3. The Morgan fingerprint density at radius 2 is 1.83 bits per heavy atom. The van der Waals surface area contributed by atoms with Crippen LogP contribution in [0.25, 0.3) is 0 Å². The first-order valence-corrected chi connectivity index (χ1v) is 8.55. The quantitative estimate of drug-likeness (QED) is 0.716. The van der Waals surface area contributed by atoms with Gasteiger partial charge in [0.15, 0.2) is 0 Å². The average Bonchev–Trinajstić information content (AvgIpc) is 2.39. The summed E-state index contributed by atoms with van der Waals surface area (Å²) in [6, 6.07) is 5.61. The summed E-state index contributed by atoms with van der Waals surface area (Å²) in [6.45, 7) is 7.18. The summed E-state index contributed by atoms with van der Waals surface area (Å²) < 4.78 is 6.19. The zero-order valence-electron chi connectivity index (χ0n) is 14.5. The molecule has 0 saturated carbocycles. The molecule has 1 aromatic rings. The largest absolute Gasteiger partial charge is 0.460 e. The highest BCUT2D eigenvalue weighted by molar-refractivity contribution is 9.10. The fraction of sp³-hybridized carbons (Fsp3) is 0.500. The summed E-state index contributed by atoms with van der Waals surface area (Å²) in [5, 5.41) is 0. The van der Waals surface area contributed by atoms with E-state index >= 15 is 0 Å². The number of nitrogens with two attached hydrogens (primary N) is 1. The molecule has 0 radical (unpaired) electrons. The van der Waals surface area contributed by atoms with Crippen molar-refractivity contribution in [1.29, 1.82) is 0 Å². The van der Waals surface area contributed by atoms with Gasteiger partial charge in [0.25, 0.3) is 0 Å². The number of primary amides is 1. The predicted octanol–water partition coefficient (Wildman–Crippen LogP) is 3.09. The number of aryl methyl sites for hydroxylation is 1. The highest BCUT2D eigenvalue weighted by Gasteiger charge is 2.27. The second-order valence-corrected chi connectivity index (χ2v) is 7.74. The number of carbonyl (C=O) groups excluding carboxylic acids is 3. The van der Waals surface area contributed by atoms with Crippen LogP contribution in [0.5, 0.6) is 0 Å². The molecule has 0 bridgehead atoms. The molecule has 1 rings (SSSR count). The van der Waals surface area contributed by atoms with Gasteiger partial charge in [0.2, 0.25) is 5.91 Å². The Bertz CT molecular complexity index is 634. The lowest BCUT2D eigenvalue weighted by Crippen LogP contribution is -2.30. The van der Waals surface area contributed by atoms with Crippen molar-refractivity contribution >= 4 is 33.6 Å². The fourth-order valence-corrected chi connectivity index (χ4v) is 2.54. The molecule has 1 aromatic carbocycles. The summed E-state index contributed by atoms with van der Waals surface area (Å²) in [4.78, 5) is 35.7. The summed E-state index contributed by atoms with van der Waals surface area (Å²) in [5.41, 5.74) is 6.43. The first-order valence-electron chi connectivity index (χ1n) is 7.76. The molecule has 2 N–H and O–H groups in total. The van der Waals surface area contributed by atoms with E-state index in [1.165, 1.54) is 0 Å². The molecule has 0 aromatic heterocycles. The molecule has 0 aliphatic carbocycles. The molecule has 132 valence electrons. The van der Waals surface area contributed by atoms with Crippen LogP contribution in [0.1, 0.15) is 44.7 Å². The number of hydrogen-bond donors (Lipinski definition) is 1. The maximum atomic E-state index is 12.5. The third-order valence-electron chi connectivity index (χ3n) is 3.34. The van der Waals surface area contributed by atoms with Crippen LogP contribution in [0.3, 0.4) is 0 Å². The van der Waals surface area contributed by atoms with E-state index in [0.29, 0.717) is 0 Å². The normalized spacial score (nSPS) is 12.5. The Morgan fingerprint density at radius 3 is 2.33 bits per heavy atom. The van der Waals surface area contributed by atoms with Crippen molar-refractivity contribution in [3.05, 3.63) is 33.8 Å². The van der Waals surface area contributed by atoms with Crippen LogP contribution >= 0.6 is 15.9 Å². The lowest BCUT2D eigenvalue weighted by Gasteiger charge is -2.21. The molecular formula is C18H24BrNO4. The van der Waals surface area contributed by atoms with Crippen LogP contribution in [0, 0.1) is 12.8 Å². The predicted molar refractivity (Wildman–Crippen MR) is 95.4 cm³/mol. The number of ether oxygens (including phenoxy) is 1. The zero-order valence-corrected chi connectivity index (χ0v) is 16.1. The van der Waals surface area contributed by atoms with E-state index in [0.717, 1.165) is 15.6 Å². The number of Topliss-reactive ketones (excluding diaryl/α,β-unsaturated/α-hetero) is 1. The van der Waals surface area contributed by atoms with Crippen molar-refractivity contribution in [3.63, 3.8) is 0 Å². The standard InChI is InChI=1S/C18H24BrNO4/c1-11-7-12(5-6-14(11)19)8-15(21)13(9-16(20)22)10-17(23)24-18(2,3)4/h5-7,13H,8-10H2,1-4H3,(H2,20,22)/t13-/m1/s1. The van der Waals surface area contributed by atoms with E-state index in [-0.39, 0.29) is 25.0 Å². The maximum absolute atomic E-state index is 12.5. The lowest BCUT2D eigenvalue weighted by molar-refractivity contribution is -0.157. The Labute approximate surface area is 151 Å². The van der Waals surface area contributed by atoms with Crippen molar-refractivity contribution in [2.75, 3.05) is 0 Å². The van der Waals surface area contributed by atoms with Gasteiger partial charge < -0.3 is 10.5 Å². The molecule has 0 fully saturated rings. The van der Waals surface area contributed by atoms with E-state index in [2.05, 4.69) is 15.9 Å². The first-order chi connectivity index (χ1) is 11.0. The van der Waals surface area contributed by atoms with Crippen molar-refractivity contribution in [3.8, 4) is 0 Å². The molecule has 0 spiro atoms. The van der Waals surface area contributed by atoms with Gasteiger partial charge in [-0.2, -0.15) is 0 Å². The van der Waals surface area contributed by atoms with Gasteiger partial charge in [-0.25, -0.2) is 0 Å². The first kappa shape index (κ1) is 20.4. The van der Waals surface area contributed by atoms with E-state index in [1.807, 2.05) is 25.1 Å². The number of rotatable bonds is 7. The molecule has 5 nitrogen and oxygen atoms in total. The van der Waals surface area contributed by atoms with E-state index in [1.54, 1.807) is 20.8 Å². The topological polar surface area (TPSA) is 86.5 Å². The Morgan fingerprint density at radius 1 is 1.21 bits per heavy atom. The van der Waals surface area contributed by atoms with E-state index < -0.39 is 23.4 Å². The number of amides is 1. The number of esters is 1. The summed E-state index contributed by atoms with van der Waals surface area (Å²) >= 11 is 3.41. The Balaban J connectivity index is 2.82. The number of hydrogen-bond acceptors (Lipinski definition) is 4. The van der Waals surface area contributed by atoms with Crippen LogP contribution in [0.2, 0.25) is 0 Å². The van der Waals surface area contributed by atoms with Crippen LogP contribution in [-0.4, -0.2) is 23.3 Å². The minimum absolute atomic E-state index is 0.144. The molecular weight excluding hydrogens is 374 g/mol. The zero-order chi connectivity index (χ0) is 18.5. The molecule has 1 amide bonds.